The number of nitrogens with one attached hydrogen (secondary N) is 1. The number of ether oxygens (including phenoxy) is 3. The number of carbonyl (C=O) groups is 1. The second-order valence-electron chi connectivity index (χ2n) is 7.20. The molecule has 0 radical (unpaired) electrons. The van der Waals surface area contributed by atoms with Gasteiger partial charge in [-0.3, -0.25) is 4.79 Å². The number of aryl methyl sites for hydroxylation is 1. The lowest BCUT2D eigenvalue weighted by atomic mass is 10.1. The molecule has 1 aliphatic heterocycles. The van der Waals surface area contributed by atoms with Gasteiger partial charge in [-0.25, -0.2) is 0 Å². The van der Waals surface area contributed by atoms with Crippen molar-refractivity contribution in [3.05, 3.63) is 58.9 Å². The molecule has 3 aromatic rings. The number of hydrogen-bond donors (Lipinski definition) is 1. The first kappa shape index (κ1) is 21.0. The number of benzene rings is 2. The number of carbonyl (C=O) groups excluding carboxylic acids is 1. The summed E-state index contributed by atoms with van der Waals surface area (Å²) < 4.78 is 18.4. The number of fused-ring (bicyclic) bond motifs is 1. The molecule has 0 aliphatic carbocycles. The average molecular weight is 441 g/mol. The number of nitrogens with zero attached hydrogens (tertiary/aromatic N) is 3. The first-order chi connectivity index (χ1) is 15.0. The minimum atomic E-state index is -0.0844. The van der Waals surface area contributed by atoms with Crippen molar-refractivity contribution >= 4 is 17.7 Å². The maximum Gasteiger partial charge on any atom is 0.231 e. The van der Waals surface area contributed by atoms with Crippen LogP contribution in [0.25, 0.3) is 0 Å². The number of amides is 1. The standard InChI is InChI=1S/C22H24N4O4S/c1-14-5-4-6-17(15(14)2)28-11-20-24-25-22(26(20)3)31-12-21(27)23-10-16-7-8-18-19(9-16)30-13-29-18/h4-9H,10-13H2,1-3H3,(H,23,27). The fraction of sp³-hybridized carbons (Fsp3) is 0.318. The van der Waals surface area contributed by atoms with Crippen molar-refractivity contribution in [2.24, 2.45) is 7.05 Å². The largest absolute Gasteiger partial charge is 0.485 e. The molecule has 2 aromatic carbocycles. The van der Waals surface area contributed by atoms with E-state index in [-0.39, 0.29) is 18.5 Å². The van der Waals surface area contributed by atoms with Gasteiger partial charge in [-0.2, -0.15) is 0 Å². The first-order valence-electron chi connectivity index (χ1n) is 9.86. The van der Waals surface area contributed by atoms with Crippen molar-refractivity contribution in [3.8, 4) is 17.2 Å². The highest BCUT2D eigenvalue weighted by molar-refractivity contribution is 7.99. The van der Waals surface area contributed by atoms with Crippen molar-refractivity contribution in [2.75, 3.05) is 12.5 Å². The predicted molar refractivity (Wildman–Crippen MR) is 116 cm³/mol. The molecule has 1 aliphatic rings. The van der Waals surface area contributed by atoms with Crippen LogP contribution in [0, 0.1) is 13.8 Å². The van der Waals surface area contributed by atoms with Gasteiger partial charge in [-0.05, 0) is 48.7 Å². The van der Waals surface area contributed by atoms with Gasteiger partial charge >= 0.3 is 0 Å². The molecule has 1 amide bonds. The Balaban J connectivity index is 1.26. The molecule has 8 nitrogen and oxygen atoms in total. The summed E-state index contributed by atoms with van der Waals surface area (Å²) >= 11 is 1.34. The summed E-state index contributed by atoms with van der Waals surface area (Å²) in [7, 11) is 1.87. The number of thioether (sulfide) groups is 1. The molecule has 0 fully saturated rings. The van der Waals surface area contributed by atoms with Crippen LogP contribution in [0.1, 0.15) is 22.5 Å². The minimum Gasteiger partial charge on any atom is -0.485 e. The summed E-state index contributed by atoms with van der Waals surface area (Å²) in [5, 5.41) is 12.0. The van der Waals surface area contributed by atoms with Crippen LogP contribution in [-0.2, 0) is 25.0 Å². The fourth-order valence-corrected chi connectivity index (χ4v) is 3.81. The second kappa shape index (κ2) is 9.30. The van der Waals surface area contributed by atoms with E-state index in [1.807, 2.05) is 48.9 Å². The zero-order valence-corrected chi connectivity index (χ0v) is 18.5. The van der Waals surface area contributed by atoms with Crippen LogP contribution in [0.3, 0.4) is 0 Å². The van der Waals surface area contributed by atoms with Crippen molar-refractivity contribution in [1.82, 2.24) is 20.1 Å². The van der Waals surface area contributed by atoms with Crippen molar-refractivity contribution in [1.29, 1.82) is 0 Å². The Labute approximate surface area is 184 Å². The molecular formula is C22H24N4O4S. The van der Waals surface area contributed by atoms with Crippen LogP contribution in [0.2, 0.25) is 0 Å². The van der Waals surface area contributed by atoms with Gasteiger partial charge in [0.2, 0.25) is 12.7 Å². The van der Waals surface area contributed by atoms with E-state index in [1.54, 1.807) is 0 Å². The summed E-state index contributed by atoms with van der Waals surface area (Å²) in [5.41, 5.74) is 3.24. The van der Waals surface area contributed by atoms with Gasteiger partial charge in [0.05, 0.1) is 5.75 Å². The maximum absolute atomic E-state index is 12.3. The molecule has 2 heterocycles. The highest BCUT2D eigenvalue weighted by Crippen LogP contribution is 2.32. The summed E-state index contributed by atoms with van der Waals surface area (Å²) in [6, 6.07) is 11.6. The van der Waals surface area contributed by atoms with Crippen LogP contribution in [0.4, 0.5) is 0 Å². The molecule has 0 atom stereocenters. The Morgan fingerprint density at radius 1 is 1.19 bits per heavy atom. The Bertz CT molecular complexity index is 1100. The Kier molecular flexibility index (Phi) is 6.31. The Morgan fingerprint density at radius 3 is 2.90 bits per heavy atom. The molecule has 0 saturated heterocycles. The van der Waals surface area contributed by atoms with Gasteiger partial charge in [-0.15, -0.1) is 10.2 Å². The molecule has 1 aromatic heterocycles. The topological polar surface area (TPSA) is 87.5 Å². The monoisotopic (exact) mass is 440 g/mol. The molecule has 162 valence electrons. The lowest BCUT2D eigenvalue weighted by Gasteiger charge is -2.10. The van der Waals surface area contributed by atoms with Gasteiger partial charge in [0.15, 0.2) is 22.5 Å². The number of hydrogen-bond acceptors (Lipinski definition) is 7. The second-order valence-corrected chi connectivity index (χ2v) is 8.14. The maximum atomic E-state index is 12.3. The fourth-order valence-electron chi connectivity index (χ4n) is 3.05. The van der Waals surface area contributed by atoms with E-state index in [1.165, 1.54) is 17.3 Å². The third kappa shape index (κ3) is 4.93. The predicted octanol–water partition coefficient (Wildman–Crippen LogP) is 3.15. The van der Waals surface area contributed by atoms with Gasteiger partial charge in [0, 0.05) is 13.6 Å². The van der Waals surface area contributed by atoms with Crippen LogP contribution in [0.15, 0.2) is 41.6 Å². The zero-order valence-electron chi connectivity index (χ0n) is 17.7. The lowest BCUT2D eigenvalue weighted by molar-refractivity contribution is -0.118. The van der Waals surface area contributed by atoms with Crippen LogP contribution >= 0.6 is 11.8 Å². The van der Waals surface area contributed by atoms with Gasteiger partial charge in [-0.1, -0.05) is 30.0 Å². The smallest absolute Gasteiger partial charge is 0.231 e. The highest BCUT2D eigenvalue weighted by atomic mass is 32.2. The summed E-state index contributed by atoms with van der Waals surface area (Å²) in [6.45, 7) is 5.05. The lowest BCUT2D eigenvalue weighted by Crippen LogP contribution is -2.24. The highest BCUT2D eigenvalue weighted by Gasteiger charge is 2.15. The molecule has 0 unspecified atom stereocenters. The molecule has 0 bridgehead atoms. The van der Waals surface area contributed by atoms with Gasteiger partial charge in [0.25, 0.3) is 0 Å². The van der Waals surface area contributed by atoms with Crippen molar-refractivity contribution in [3.63, 3.8) is 0 Å². The van der Waals surface area contributed by atoms with Crippen LogP contribution in [-0.4, -0.2) is 33.2 Å². The number of rotatable bonds is 8. The van der Waals surface area contributed by atoms with Crippen LogP contribution < -0.4 is 19.5 Å². The van der Waals surface area contributed by atoms with E-state index in [2.05, 4.69) is 28.5 Å². The zero-order chi connectivity index (χ0) is 21.8. The minimum absolute atomic E-state index is 0.0844. The molecule has 9 heteroatoms. The van der Waals surface area contributed by atoms with E-state index in [0.717, 1.165) is 22.6 Å². The summed E-state index contributed by atoms with van der Waals surface area (Å²) in [4.78, 5) is 12.3. The molecule has 4 rings (SSSR count). The van der Waals surface area contributed by atoms with Gasteiger partial charge in [0.1, 0.15) is 12.4 Å². The third-order valence-corrected chi connectivity index (χ3v) is 6.12. The normalized spacial score (nSPS) is 12.1. The molecule has 0 spiro atoms. The van der Waals surface area contributed by atoms with E-state index in [0.29, 0.717) is 29.9 Å². The first-order valence-corrected chi connectivity index (χ1v) is 10.8. The SMILES string of the molecule is Cc1cccc(OCc2nnc(SCC(=O)NCc3ccc4c(c3)OCO4)n2C)c1C. The summed E-state index contributed by atoms with van der Waals surface area (Å²) in [5.74, 6) is 3.12. The van der Waals surface area contributed by atoms with Crippen molar-refractivity contribution < 1.29 is 19.0 Å². The van der Waals surface area contributed by atoms with Gasteiger partial charge < -0.3 is 24.1 Å². The molecular weight excluding hydrogens is 416 g/mol. The Hall–Kier alpha value is -3.20. The number of aromatic nitrogens is 3. The van der Waals surface area contributed by atoms with E-state index in [9.17, 15) is 4.79 Å². The van der Waals surface area contributed by atoms with E-state index < -0.39 is 0 Å². The average Bonchev–Trinajstić information content (AvgIpc) is 3.38. The third-order valence-electron chi connectivity index (χ3n) is 5.10. The molecule has 0 saturated carbocycles. The van der Waals surface area contributed by atoms with Crippen LogP contribution in [0.5, 0.6) is 17.2 Å². The van der Waals surface area contributed by atoms with E-state index in [4.69, 9.17) is 14.2 Å². The van der Waals surface area contributed by atoms with Crippen molar-refractivity contribution in [2.45, 2.75) is 32.2 Å². The molecule has 1 N–H and O–H groups in total. The van der Waals surface area contributed by atoms with E-state index >= 15 is 0 Å². The quantitative estimate of drug-likeness (QED) is 0.539. The Morgan fingerprint density at radius 2 is 2.03 bits per heavy atom. The summed E-state index contributed by atoms with van der Waals surface area (Å²) in [6.07, 6.45) is 0. The molecule has 31 heavy (non-hydrogen) atoms.